The first-order chi connectivity index (χ1) is 8.27. The lowest BCUT2D eigenvalue weighted by Crippen LogP contribution is -2.68. The molecule has 1 amide bonds. The van der Waals surface area contributed by atoms with Crippen LogP contribution in [0.2, 0.25) is 0 Å². The first-order valence-electron chi connectivity index (χ1n) is 6.75. The number of carbonyl (C=O) groups excluding carboxylic acids is 1. The fourth-order valence-electron chi connectivity index (χ4n) is 3.42. The molecule has 3 aliphatic heterocycles. The standard InChI is InChI=1S/C13H21NO3/c1-2-13(3-5-16-6-4-13)12(15)14-10-7-11(14)9-17-8-10/h10-11H,2-9H2,1H3. The van der Waals surface area contributed by atoms with Crippen LogP contribution in [0.25, 0.3) is 0 Å². The molecule has 0 spiro atoms. The largest absolute Gasteiger partial charge is 0.381 e. The summed E-state index contributed by atoms with van der Waals surface area (Å²) in [4.78, 5) is 14.9. The van der Waals surface area contributed by atoms with Crippen LogP contribution < -0.4 is 0 Å². The summed E-state index contributed by atoms with van der Waals surface area (Å²) in [6.07, 6.45) is 3.85. The van der Waals surface area contributed by atoms with Crippen molar-refractivity contribution in [1.29, 1.82) is 0 Å². The number of amides is 1. The van der Waals surface area contributed by atoms with Gasteiger partial charge >= 0.3 is 0 Å². The Labute approximate surface area is 102 Å². The maximum absolute atomic E-state index is 12.8. The molecular formula is C13H21NO3. The Morgan fingerprint density at radius 1 is 1.24 bits per heavy atom. The highest BCUT2D eigenvalue weighted by molar-refractivity contribution is 5.84. The second-order valence-electron chi connectivity index (χ2n) is 5.54. The number of hydrogen-bond acceptors (Lipinski definition) is 3. The molecule has 2 bridgehead atoms. The molecule has 0 aromatic rings. The molecule has 3 rings (SSSR count). The molecule has 0 N–H and O–H groups in total. The molecule has 0 aromatic carbocycles. The lowest BCUT2D eigenvalue weighted by Gasteiger charge is -2.55. The van der Waals surface area contributed by atoms with Crippen LogP contribution in [-0.2, 0) is 14.3 Å². The van der Waals surface area contributed by atoms with E-state index in [9.17, 15) is 4.79 Å². The van der Waals surface area contributed by atoms with Gasteiger partial charge in [-0.2, -0.15) is 0 Å². The van der Waals surface area contributed by atoms with E-state index in [0.29, 0.717) is 18.0 Å². The van der Waals surface area contributed by atoms with Gasteiger partial charge in [0.05, 0.1) is 30.7 Å². The minimum Gasteiger partial charge on any atom is -0.381 e. The van der Waals surface area contributed by atoms with E-state index >= 15 is 0 Å². The normalized spacial score (nSPS) is 35.2. The summed E-state index contributed by atoms with van der Waals surface area (Å²) in [6, 6.07) is 0.708. The third kappa shape index (κ3) is 1.69. The number of hydrogen-bond donors (Lipinski definition) is 0. The molecule has 0 aliphatic carbocycles. The Morgan fingerprint density at radius 2 is 1.88 bits per heavy atom. The number of ether oxygens (including phenoxy) is 2. The smallest absolute Gasteiger partial charge is 0.229 e. The van der Waals surface area contributed by atoms with Gasteiger partial charge < -0.3 is 14.4 Å². The Hall–Kier alpha value is -0.610. The molecule has 96 valence electrons. The van der Waals surface area contributed by atoms with Crippen molar-refractivity contribution >= 4 is 5.91 Å². The molecule has 3 fully saturated rings. The van der Waals surface area contributed by atoms with Gasteiger partial charge in [-0.3, -0.25) is 4.79 Å². The fourth-order valence-corrected chi connectivity index (χ4v) is 3.42. The van der Waals surface area contributed by atoms with Crippen molar-refractivity contribution < 1.29 is 14.3 Å². The van der Waals surface area contributed by atoms with Gasteiger partial charge in [-0.15, -0.1) is 0 Å². The summed E-state index contributed by atoms with van der Waals surface area (Å²) in [7, 11) is 0. The molecule has 3 aliphatic rings. The van der Waals surface area contributed by atoms with Crippen LogP contribution in [0.5, 0.6) is 0 Å². The van der Waals surface area contributed by atoms with Gasteiger partial charge in [0.25, 0.3) is 0 Å². The van der Waals surface area contributed by atoms with Crippen LogP contribution in [0.3, 0.4) is 0 Å². The molecule has 3 heterocycles. The molecule has 2 atom stereocenters. The van der Waals surface area contributed by atoms with E-state index in [4.69, 9.17) is 9.47 Å². The quantitative estimate of drug-likeness (QED) is 0.726. The molecule has 2 unspecified atom stereocenters. The van der Waals surface area contributed by atoms with Crippen molar-refractivity contribution in [2.75, 3.05) is 26.4 Å². The third-order valence-electron chi connectivity index (χ3n) is 4.77. The summed E-state index contributed by atoms with van der Waals surface area (Å²) in [5.74, 6) is 0.368. The zero-order valence-electron chi connectivity index (χ0n) is 10.5. The van der Waals surface area contributed by atoms with E-state index < -0.39 is 0 Å². The van der Waals surface area contributed by atoms with E-state index in [1.165, 1.54) is 0 Å². The summed E-state index contributed by atoms with van der Waals surface area (Å²) in [5.41, 5.74) is -0.146. The minimum absolute atomic E-state index is 0.146. The predicted octanol–water partition coefficient (Wildman–Crippen LogP) is 1.19. The molecule has 0 saturated carbocycles. The summed E-state index contributed by atoms with van der Waals surface area (Å²) >= 11 is 0. The third-order valence-corrected chi connectivity index (χ3v) is 4.77. The lowest BCUT2D eigenvalue weighted by molar-refractivity contribution is -0.182. The average molecular weight is 239 g/mol. The van der Waals surface area contributed by atoms with Crippen LogP contribution >= 0.6 is 0 Å². The highest BCUT2D eigenvalue weighted by Crippen LogP contribution is 2.41. The maximum Gasteiger partial charge on any atom is 0.229 e. The van der Waals surface area contributed by atoms with Crippen LogP contribution in [0.4, 0.5) is 0 Å². The molecule has 0 aromatic heterocycles. The first-order valence-corrected chi connectivity index (χ1v) is 6.75. The Bertz CT molecular complexity index is 298. The Morgan fingerprint density at radius 3 is 2.41 bits per heavy atom. The molecule has 4 nitrogen and oxygen atoms in total. The maximum atomic E-state index is 12.8. The minimum atomic E-state index is -0.146. The van der Waals surface area contributed by atoms with Gasteiger partial charge in [0, 0.05) is 13.2 Å². The number of morpholine rings is 1. The highest BCUT2D eigenvalue weighted by atomic mass is 16.5. The van der Waals surface area contributed by atoms with E-state index in [1.807, 2.05) is 0 Å². The molecule has 3 saturated heterocycles. The SMILES string of the molecule is CCC1(C(=O)N2C3COCC2C3)CCOCC1. The van der Waals surface area contributed by atoms with Crippen LogP contribution in [0.1, 0.15) is 32.6 Å². The van der Waals surface area contributed by atoms with E-state index in [-0.39, 0.29) is 5.41 Å². The molecule has 17 heavy (non-hydrogen) atoms. The zero-order valence-corrected chi connectivity index (χ0v) is 10.5. The topological polar surface area (TPSA) is 38.8 Å². The molecular weight excluding hydrogens is 218 g/mol. The summed E-state index contributed by atoms with van der Waals surface area (Å²) < 4.78 is 10.9. The van der Waals surface area contributed by atoms with Gasteiger partial charge in [0.2, 0.25) is 5.91 Å². The second kappa shape index (κ2) is 4.25. The Balaban J connectivity index is 1.75. The van der Waals surface area contributed by atoms with Gasteiger partial charge in [0.15, 0.2) is 0 Å². The second-order valence-corrected chi connectivity index (χ2v) is 5.54. The van der Waals surface area contributed by atoms with Crippen LogP contribution in [-0.4, -0.2) is 49.3 Å². The van der Waals surface area contributed by atoms with Gasteiger partial charge in [0.1, 0.15) is 0 Å². The van der Waals surface area contributed by atoms with E-state index in [1.54, 1.807) is 0 Å². The molecule has 4 heteroatoms. The number of fused-ring (bicyclic) bond motifs is 2. The molecule has 0 radical (unpaired) electrons. The summed E-state index contributed by atoms with van der Waals surface area (Å²) in [6.45, 7) is 5.07. The zero-order chi connectivity index (χ0) is 11.9. The fraction of sp³-hybridized carbons (Fsp3) is 0.923. The lowest BCUT2D eigenvalue weighted by atomic mass is 9.74. The van der Waals surface area contributed by atoms with Crippen molar-refractivity contribution in [1.82, 2.24) is 4.90 Å². The number of nitrogens with zero attached hydrogens (tertiary/aromatic N) is 1. The highest BCUT2D eigenvalue weighted by Gasteiger charge is 2.51. The van der Waals surface area contributed by atoms with Crippen molar-refractivity contribution in [3.8, 4) is 0 Å². The predicted molar refractivity (Wildman–Crippen MR) is 62.6 cm³/mol. The summed E-state index contributed by atoms with van der Waals surface area (Å²) in [5, 5.41) is 0. The monoisotopic (exact) mass is 239 g/mol. The van der Waals surface area contributed by atoms with E-state index in [2.05, 4.69) is 11.8 Å². The van der Waals surface area contributed by atoms with Crippen LogP contribution in [0, 0.1) is 5.41 Å². The van der Waals surface area contributed by atoms with Crippen molar-refractivity contribution in [2.24, 2.45) is 5.41 Å². The number of rotatable bonds is 2. The Kier molecular flexibility index (Phi) is 2.87. The average Bonchev–Trinajstić information content (AvgIpc) is 2.40. The van der Waals surface area contributed by atoms with Crippen molar-refractivity contribution in [3.05, 3.63) is 0 Å². The van der Waals surface area contributed by atoms with Crippen LogP contribution in [0.15, 0.2) is 0 Å². The van der Waals surface area contributed by atoms with Gasteiger partial charge in [-0.05, 0) is 25.7 Å². The van der Waals surface area contributed by atoms with E-state index in [0.717, 1.165) is 52.1 Å². The van der Waals surface area contributed by atoms with Crippen molar-refractivity contribution in [2.45, 2.75) is 44.7 Å². The first kappa shape index (κ1) is 11.5. The number of carbonyl (C=O) groups is 1. The van der Waals surface area contributed by atoms with Crippen molar-refractivity contribution in [3.63, 3.8) is 0 Å². The van der Waals surface area contributed by atoms with Gasteiger partial charge in [-0.1, -0.05) is 6.92 Å². The van der Waals surface area contributed by atoms with Gasteiger partial charge in [-0.25, -0.2) is 0 Å².